The van der Waals surface area contributed by atoms with E-state index in [9.17, 15) is 0 Å². The molecule has 31 heavy (non-hydrogen) atoms. The highest BCUT2D eigenvalue weighted by atomic mass is 16.7. The van der Waals surface area contributed by atoms with Crippen LogP contribution in [0, 0.1) is 0 Å². The van der Waals surface area contributed by atoms with E-state index in [2.05, 4.69) is 45.5 Å². The Morgan fingerprint density at radius 2 is 1.97 bits per heavy atom. The Bertz CT molecular complexity index is 1220. The van der Waals surface area contributed by atoms with Gasteiger partial charge in [0.15, 0.2) is 23.0 Å². The predicted molar refractivity (Wildman–Crippen MR) is 118 cm³/mol. The van der Waals surface area contributed by atoms with Crippen molar-refractivity contribution in [3.05, 3.63) is 72.7 Å². The van der Waals surface area contributed by atoms with Gasteiger partial charge in [0.1, 0.15) is 0 Å². The summed E-state index contributed by atoms with van der Waals surface area (Å²) in [5, 5.41) is 3.66. The zero-order valence-electron chi connectivity index (χ0n) is 17.1. The first-order valence-corrected chi connectivity index (χ1v) is 10.6. The molecule has 2 aliphatic rings. The number of imidazole rings is 1. The Morgan fingerprint density at radius 1 is 1.06 bits per heavy atom. The molecule has 2 aromatic heterocycles. The van der Waals surface area contributed by atoms with Crippen LogP contribution in [0.4, 0.5) is 5.82 Å². The van der Waals surface area contributed by atoms with Gasteiger partial charge >= 0.3 is 0 Å². The van der Waals surface area contributed by atoms with Crippen molar-refractivity contribution >= 4 is 11.5 Å². The highest BCUT2D eigenvalue weighted by molar-refractivity contribution is 5.71. The van der Waals surface area contributed by atoms with Crippen molar-refractivity contribution in [1.29, 1.82) is 0 Å². The number of aromatic nitrogens is 3. The maximum atomic E-state index is 5.54. The molecule has 1 fully saturated rings. The summed E-state index contributed by atoms with van der Waals surface area (Å²) >= 11 is 0. The molecule has 1 saturated heterocycles. The molecule has 1 atom stereocenters. The minimum atomic E-state index is 0.265. The third kappa shape index (κ3) is 3.57. The summed E-state index contributed by atoms with van der Waals surface area (Å²) in [5.41, 5.74) is 4.04. The highest BCUT2D eigenvalue weighted by Crippen LogP contribution is 2.36. The van der Waals surface area contributed by atoms with Crippen LogP contribution in [-0.4, -0.2) is 45.2 Å². The Balaban J connectivity index is 1.24. The van der Waals surface area contributed by atoms with E-state index in [1.807, 2.05) is 41.2 Å². The number of rotatable bonds is 5. The van der Waals surface area contributed by atoms with Crippen molar-refractivity contribution in [1.82, 2.24) is 19.3 Å². The Morgan fingerprint density at radius 3 is 2.90 bits per heavy atom. The quantitative estimate of drug-likeness (QED) is 0.537. The fraction of sp³-hybridized carbons (Fsp3) is 0.250. The van der Waals surface area contributed by atoms with Crippen LogP contribution in [0.2, 0.25) is 0 Å². The van der Waals surface area contributed by atoms with Crippen LogP contribution in [0.5, 0.6) is 11.5 Å². The van der Waals surface area contributed by atoms with Crippen molar-refractivity contribution in [2.24, 2.45) is 0 Å². The molecule has 1 N–H and O–H groups in total. The summed E-state index contributed by atoms with van der Waals surface area (Å²) in [7, 11) is 0. The third-order valence-corrected chi connectivity index (χ3v) is 5.90. The van der Waals surface area contributed by atoms with Gasteiger partial charge in [-0.15, -0.1) is 0 Å². The molecule has 0 spiro atoms. The molecule has 6 rings (SSSR count). The Labute approximate surface area is 180 Å². The molecular formula is C24H23N5O2. The standard InChI is InChI=1S/C24H23N5O2/c1-2-4-17(5-3-1)13-28-10-8-19(14-28)26-23-24-25-9-11-29(24)15-20(27-23)18-6-7-21-22(12-18)31-16-30-21/h1-7,9,11-12,15,19H,8,10,13-14,16H2,(H,26,27)/t19-/m1/s1. The van der Waals surface area contributed by atoms with E-state index in [1.54, 1.807) is 0 Å². The van der Waals surface area contributed by atoms with Crippen LogP contribution in [0.15, 0.2) is 67.1 Å². The van der Waals surface area contributed by atoms with Crippen molar-refractivity contribution in [3.63, 3.8) is 0 Å². The third-order valence-electron chi connectivity index (χ3n) is 5.90. The van der Waals surface area contributed by atoms with Gasteiger partial charge in [0, 0.05) is 49.8 Å². The van der Waals surface area contributed by atoms with Crippen LogP contribution >= 0.6 is 0 Å². The molecule has 4 heterocycles. The predicted octanol–water partition coefficient (Wildman–Crippen LogP) is 3.81. The summed E-state index contributed by atoms with van der Waals surface area (Å²) in [6.07, 6.45) is 6.84. The lowest BCUT2D eigenvalue weighted by atomic mass is 10.1. The van der Waals surface area contributed by atoms with E-state index in [-0.39, 0.29) is 6.79 Å². The second kappa shape index (κ2) is 7.59. The summed E-state index contributed by atoms with van der Waals surface area (Å²) in [6.45, 7) is 3.29. The second-order valence-electron chi connectivity index (χ2n) is 8.05. The van der Waals surface area contributed by atoms with Gasteiger partial charge in [-0.3, -0.25) is 4.90 Å². The molecule has 156 valence electrons. The molecule has 0 saturated carbocycles. The first kappa shape index (κ1) is 18.2. The van der Waals surface area contributed by atoms with Gasteiger partial charge in [-0.25, -0.2) is 9.97 Å². The number of likely N-dealkylation sites (tertiary alicyclic amines) is 1. The number of ether oxygens (including phenoxy) is 2. The SMILES string of the molecule is c1ccc(CN2CC[C@@H](Nc3nc(-c4ccc5c(c4)OCO5)cn4ccnc34)C2)cc1. The van der Waals surface area contributed by atoms with Crippen LogP contribution in [-0.2, 0) is 6.54 Å². The molecule has 7 heteroatoms. The lowest BCUT2D eigenvalue weighted by Gasteiger charge is -2.18. The zero-order chi connectivity index (χ0) is 20.6. The van der Waals surface area contributed by atoms with Crippen LogP contribution in [0.1, 0.15) is 12.0 Å². The molecular weight excluding hydrogens is 390 g/mol. The number of benzene rings is 2. The molecule has 7 nitrogen and oxygen atoms in total. The maximum absolute atomic E-state index is 5.54. The minimum Gasteiger partial charge on any atom is -0.454 e. The minimum absolute atomic E-state index is 0.265. The summed E-state index contributed by atoms with van der Waals surface area (Å²) in [5.74, 6) is 2.34. The Hall–Kier alpha value is -3.58. The molecule has 0 amide bonds. The highest BCUT2D eigenvalue weighted by Gasteiger charge is 2.24. The van der Waals surface area contributed by atoms with Gasteiger partial charge in [0.2, 0.25) is 6.79 Å². The molecule has 2 aliphatic heterocycles. The van der Waals surface area contributed by atoms with Crippen molar-refractivity contribution < 1.29 is 9.47 Å². The van der Waals surface area contributed by atoms with Gasteiger partial charge in [-0.05, 0) is 30.2 Å². The van der Waals surface area contributed by atoms with E-state index in [0.29, 0.717) is 6.04 Å². The van der Waals surface area contributed by atoms with Crippen LogP contribution < -0.4 is 14.8 Å². The normalized spacial score (nSPS) is 18.0. The van der Waals surface area contributed by atoms with E-state index in [4.69, 9.17) is 14.5 Å². The van der Waals surface area contributed by atoms with E-state index >= 15 is 0 Å². The number of nitrogens with one attached hydrogen (secondary N) is 1. The first-order valence-electron chi connectivity index (χ1n) is 10.6. The molecule has 2 aromatic carbocycles. The summed E-state index contributed by atoms with van der Waals surface area (Å²) in [6, 6.07) is 16.9. The smallest absolute Gasteiger partial charge is 0.231 e. The van der Waals surface area contributed by atoms with E-state index in [1.165, 1.54) is 5.56 Å². The van der Waals surface area contributed by atoms with Crippen molar-refractivity contribution in [2.45, 2.75) is 19.0 Å². The molecule has 4 aromatic rings. The van der Waals surface area contributed by atoms with Gasteiger partial charge in [-0.1, -0.05) is 30.3 Å². The van der Waals surface area contributed by atoms with E-state index < -0.39 is 0 Å². The molecule has 0 radical (unpaired) electrons. The average Bonchev–Trinajstić information content (AvgIpc) is 3.55. The maximum Gasteiger partial charge on any atom is 0.231 e. The van der Waals surface area contributed by atoms with Crippen molar-refractivity contribution in [2.75, 3.05) is 25.2 Å². The number of nitrogens with zero attached hydrogens (tertiary/aromatic N) is 4. The average molecular weight is 413 g/mol. The number of hydrogen-bond acceptors (Lipinski definition) is 6. The number of anilines is 1. The monoisotopic (exact) mass is 413 g/mol. The number of fused-ring (bicyclic) bond motifs is 2. The lowest BCUT2D eigenvalue weighted by molar-refractivity contribution is 0.174. The molecule has 0 unspecified atom stereocenters. The summed E-state index contributed by atoms with van der Waals surface area (Å²) < 4.78 is 13.0. The largest absolute Gasteiger partial charge is 0.454 e. The fourth-order valence-electron chi connectivity index (χ4n) is 4.35. The lowest BCUT2D eigenvalue weighted by Crippen LogP contribution is -2.26. The van der Waals surface area contributed by atoms with Crippen molar-refractivity contribution in [3.8, 4) is 22.8 Å². The van der Waals surface area contributed by atoms with Gasteiger partial charge in [0.25, 0.3) is 0 Å². The molecule has 0 bridgehead atoms. The topological polar surface area (TPSA) is 63.9 Å². The van der Waals surface area contributed by atoms with Crippen LogP contribution in [0.3, 0.4) is 0 Å². The van der Waals surface area contributed by atoms with Gasteiger partial charge < -0.3 is 19.2 Å². The van der Waals surface area contributed by atoms with Gasteiger partial charge in [0.05, 0.1) is 5.69 Å². The fourth-order valence-corrected chi connectivity index (χ4v) is 4.35. The summed E-state index contributed by atoms with van der Waals surface area (Å²) in [4.78, 5) is 11.9. The zero-order valence-corrected chi connectivity index (χ0v) is 17.1. The second-order valence-corrected chi connectivity index (χ2v) is 8.05. The van der Waals surface area contributed by atoms with Gasteiger partial charge in [-0.2, -0.15) is 0 Å². The number of hydrogen-bond donors (Lipinski definition) is 1. The van der Waals surface area contributed by atoms with Crippen LogP contribution in [0.25, 0.3) is 16.9 Å². The van der Waals surface area contributed by atoms with E-state index in [0.717, 1.165) is 60.3 Å². The molecule has 0 aliphatic carbocycles. The first-order chi connectivity index (χ1) is 15.3. The Kier molecular flexibility index (Phi) is 4.46.